The zero-order valence-electron chi connectivity index (χ0n) is 15.5. The van der Waals surface area contributed by atoms with Crippen molar-refractivity contribution < 1.29 is 5.11 Å². The van der Waals surface area contributed by atoms with Crippen LogP contribution < -0.4 is 0 Å². The average Bonchev–Trinajstić information content (AvgIpc) is 2.75. The molecule has 0 aliphatic carbocycles. The molecule has 1 heterocycles. The van der Waals surface area contributed by atoms with Gasteiger partial charge in [0.15, 0.2) is 0 Å². The van der Waals surface area contributed by atoms with E-state index in [0.29, 0.717) is 0 Å². The molecular formula is C25H25NO. The first kappa shape index (κ1) is 17.7. The van der Waals surface area contributed by atoms with E-state index in [1.807, 2.05) is 12.1 Å². The molecule has 0 fully saturated rings. The number of aliphatic hydroxyl groups is 1. The molecule has 2 nitrogen and oxygen atoms in total. The summed E-state index contributed by atoms with van der Waals surface area (Å²) in [6.45, 7) is 2.91. The molecule has 1 aliphatic rings. The number of nitrogens with zero attached hydrogens (tertiary/aromatic N) is 1. The number of hydrogen-bond donors (Lipinski definition) is 1. The zero-order valence-corrected chi connectivity index (χ0v) is 15.5. The van der Waals surface area contributed by atoms with E-state index in [2.05, 4.69) is 83.8 Å². The molecule has 3 aromatic rings. The molecule has 0 radical (unpaired) electrons. The Morgan fingerprint density at radius 3 is 2.00 bits per heavy atom. The Balaban J connectivity index is 1.51. The van der Waals surface area contributed by atoms with Gasteiger partial charge < -0.3 is 5.11 Å². The van der Waals surface area contributed by atoms with Gasteiger partial charge >= 0.3 is 0 Å². The lowest BCUT2D eigenvalue weighted by Crippen LogP contribution is -2.35. The maximum absolute atomic E-state index is 9.97. The molecule has 1 N–H and O–H groups in total. The van der Waals surface area contributed by atoms with Gasteiger partial charge in [0.05, 0.1) is 6.61 Å². The largest absolute Gasteiger partial charge is 0.396 e. The van der Waals surface area contributed by atoms with Gasteiger partial charge in [0, 0.05) is 25.6 Å². The topological polar surface area (TPSA) is 23.5 Å². The lowest BCUT2D eigenvalue weighted by atomic mass is 9.88. The summed E-state index contributed by atoms with van der Waals surface area (Å²) in [5.41, 5.74) is 6.25. The highest BCUT2D eigenvalue weighted by molar-refractivity contribution is 5.72. The molecule has 1 aliphatic heterocycles. The molecule has 0 aromatic heterocycles. The second-order valence-corrected chi connectivity index (χ2v) is 7.16. The van der Waals surface area contributed by atoms with Crippen LogP contribution >= 0.6 is 0 Å². The van der Waals surface area contributed by atoms with Gasteiger partial charge in [-0.1, -0.05) is 91.0 Å². The van der Waals surface area contributed by atoms with Crippen molar-refractivity contribution in [3.8, 4) is 11.1 Å². The van der Waals surface area contributed by atoms with Crippen molar-refractivity contribution in [3.63, 3.8) is 0 Å². The Morgan fingerprint density at radius 1 is 0.741 bits per heavy atom. The van der Waals surface area contributed by atoms with Crippen molar-refractivity contribution in [2.75, 3.05) is 19.7 Å². The van der Waals surface area contributed by atoms with E-state index < -0.39 is 0 Å². The normalized spacial score (nSPS) is 17.5. The molecule has 0 saturated carbocycles. The molecule has 0 spiro atoms. The van der Waals surface area contributed by atoms with Gasteiger partial charge in [-0.25, -0.2) is 0 Å². The van der Waals surface area contributed by atoms with Crippen molar-refractivity contribution in [2.24, 2.45) is 5.92 Å². The Bertz CT molecular complexity index is 885. The predicted molar refractivity (Wildman–Crippen MR) is 112 cm³/mol. The van der Waals surface area contributed by atoms with Crippen molar-refractivity contribution in [1.82, 2.24) is 4.90 Å². The summed E-state index contributed by atoms with van der Waals surface area (Å²) >= 11 is 0. The van der Waals surface area contributed by atoms with E-state index in [4.69, 9.17) is 0 Å². The third-order valence-electron chi connectivity index (χ3n) is 5.28. The molecule has 136 valence electrons. The van der Waals surface area contributed by atoms with Crippen molar-refractivity contribution in [3.05, 3.63) is 102 Å². The van der Waals surface area contributed by atoms with Crippen LogP contribution in [0.3, 0.4) is 0 Å². The summed E-state index contributed by atoms with van der Waals surface area (Å²) in [7, 11) is 0. The fourth-order valence-corrected chi connectivity index (χ4v) is 3.84. The van der Waals surface area contributed by atoms with E-state index in [9.17, 15) is 5.11 Å². The molecule has 4 rings (SSSR count). The smallest absolute Gasteiger partial charge is 0.0512 e. The maximum atomic E-state index is 9.97. The van der Waals surface area contributed by atoms with Gasteiger partial charge in [0.1, 0.15) is 0 Å². The van der Waals surface area contributed by atoms with Crippen LogP contribution in [0, 0.1) is 5.92 Å². The number of aliphatic hydroxyl groups excluding tert-OH is 1. The summed E-state index contributed by atoms with van der Waals surface area (Å²) in [4.78, 5) is 2.40. The molecule has 0 amide bonds. The van der Waals surface area contributed by atoms with Crippen LogP contribution in [-0.4, -0.2) is 29.7 Å². The fourth-order valence-electron chi connectivity index (χ4n) is 3.84. The van der Waals surface area contributed by atoms with Crippen LogP contribution in [0.1, 0.15) is 11.1 Å². The number of benzene rings is 3. The molecule has 0 saturated heterocycles. The van der Waals surface area contributed by atoms with Crippen LogP contribution in [-0.2, 0) is 6.54 Å². The second-order valence-electron chi connectivity index (χ2n) is 7.16. The monoisotopic (exact) mass is 355 g/mol. The molecule has 1 unspecified atom stereocenters. The molecule has 1 atom stereocenters. The summed E-state index contributed by atoms with van der Waals surface area (Å²) in [6.07, 6.45) is 2.28. The standard InChI is InChI=1S/C25H25NO/c27-19-24-18-26(17-20-7-3-1-4-8-20)16-15-25(24)23-13-11-22(12-14-23)21-9-5-2-6-10-21/h1-15,24,27H,16-19H2. The van der Waals surface area contributed by atoms with Crippen LogP contribution in [0.15, 0.2) is 91.0 Å². The SMILES string of the molecule is OCC1CN(Cc2ccccc2)CC=C1c1ccc(-c2ccccc2)cc1. The third-order valence-corrected chi connectivity index (χ3v) is 5.28. The quantitative estimate of drug-likeness (QED) is 0.706. The minimum Gasteiger partial charge on any atom is -0.396 e. The zero-order chi connectivity index (χ0) is 18.5. The van der Waals surface area contributed by atoms with Crippen LogP contribution in [0.5, 0.6) is 0 Å². The molecule has 2 heteroatoms. The van der Waals surface area contributed by atoms with E-state index in [0.717, 1.165) is 19.6 Å². The first-order chi connectivity index (χ1) is 13.3. The molecule has 0 bridgehead atoms. The van der Waals surface area contributed by atoms with Gasteiger partial charge in [0.2, 0.25) is 0 Å². The Hall–Kier alpha value is -2.68. The Labute approximate surface area is 161 Å². The summed E-state index contributed by atoms with van der Waals surface area (Å²) in [5, 5.41) is 9.97. The molecule has 27 heavy (non-hydrogen) atoms. The summed E-state index contributed by atoms with van der Waals surface area (Å²) in [5.74, 6) is 0.157. The molecular weight excluding hydrogens is 330 g/mol. The van der Waals surface area contributed by atoms with Gasteiger partial charge in [-0.2, -0.15) is 0 Å². The number of hydrogen-bond acceptors (Lipinski definition) is 2. The average molecular weight is 355 g/mol. The summed E-state index contributed by atoms with van der Waals surface area (Å²) < 4.78 is 0. The fraction of sp³-hybridized carbons (Fsp3) is 0.200. The highest BCUT2D eigenvalue weighted by Crippen LogP contribution is 2.30. The van der Waals surface area contributed by atoms with E-state index >= 15 is 0 Å². The first-order valence-electron chi connectivity index (χ1n) is 9.56. The first-order valence-corrected chi connectivity index (χ1v) is 9.56. The van der Waals surface area contributed by atoms with Gasteiger partial charge in [-0.05, 0) is 27.8 Å². The maximum Gasteiger partial charge on any atom is 0.0512 e. The van der Waals surface area contributed by atoms with Crippen LogP contribution in [0.25, 0.3) is 16.7 Å². The van der Waals surface area contributed by atoms with Gasteiger partial charge in [-0.15, -0.1) is 0 Å². The third kappa shape index (κ3) is 4.19. The minimum atomic E-state index is 0.157. The highest BCUT2D eigenvalue weighted by atomic mass is 16.3. The highest BCUT2D eigenvalue weighted by Gasteiger charge is 2.23. The lowest BCUT2D eigenvalue weighted by Gasteiger charge is -2.32. The van der Waals surface area contributed by atoms with Crippen molar-refractivity contribution in [2.45, 2.75) is 6.54 Å². The van der Waals surface area contributed by atoms with Gasteiger partial charge in [-0.3, -0.25) is 4.90 Å². The van der Waals surface area contributed by atoms with E-state index in [1.54, 1.807) is 0 Å². The second kappa shape index (κ2) is 8.34. The van der Waals surface area contributed by atoms with E-state index in [-0.39, 0.29) is 12.5 Å². The minimum absolute atomic E-state index is 0.157. The lowest BCUT2D eigenvalue weighted by molar-refractivity contribution is 0.189. The Morgan fingerprint density at radius 2 is 1.33 bits per heavy atom. The van der Waals surface area contributed by atoms with E-state index in [1.165, 1.54) is 27.8 Å². The molecule has 3 aromatic carbocycles. The van der Waals surface area contributed by atoms with Crippen molar-refractivity contribution >= 4 is 5.57 Å². The predicted octanol–water partition coefficient (Wildman–Crippen LogP) is 4.86. The summed E-state index contributed by atoms with van der Waals surface area (Å²) in [6, 6.07) is 29.7. The van der Waals surface area contributed by atoms with Gasteiger partial charge in [0.25, 0.3) is 0 Å². The number of rotatable bonds is 5. The Kier molecular flexibility index (Phi) is 5.47. The van der Waals surface area contributed by atoms with Crippen LogP contribution in [0.2, 0.25) is 0 Å². The van der Waals surface area contributed by atoms with Crippen molar-refractivity contribution in [1.29, 1.82) is 0 Å². The van der Waals surface area contributed by atoms with Crippen LogP contribution in [0.4, 0.5) is 0 Å².